The number of hydrogen-bond donors (Lipinski definition) is 1. The zero-order valence-electron chi connectivity index (χ0n) is 12.5. The molecule has 0 saturated heterocycles. The van der Waals surface area contributed by atoms with E-state index in [1.54, 1.807) is 13.0 Å². The van der Waals surface area contributed by atoms with E-state index in [-0.39, 0.29) is 17.3 Å². The van der Waals surface area contributed by atoms with Gasteiger partial charge in [-0.1, -0.05) is 12.8 Å². The maximum atomic E-state index is 13.2. The first-order valence-corrected chi connectivity index (χ1v) is 7.16. The monoisotopic (exact) mass is 278 g/mol. The van der Waals surface area contributed by atoms with Crippen molar-refractivity contribution in [3.05, 3.63) is 35.1 Å². The molecule has 0 radical (unpaired) electrons. The van der Waals surface area contributed by atoms with Crippen molar-refractivity contribution in [3.8, 4) is 0 Å². The summed E-state index contributed by atoms with van der Waals surface area (Å²) >= 11 is 0. The number of rotatable bonds is 4. The summed E-state index contributed by atoms with van der Waals surface area (Å²) in [4.78, 5) is 14.4. The summed E-state index contributed by atoms with van der Waals surface area (Å²) in [5, 5.41) is 3.01. The van der Waals surface area contributed by atoms with Gasteiger partial charge < -0.3 is 10.2 Å². The molecule has 1 aliphatic carbocycles. The summed E-state index contributed by atoms with van der Waals surface area (Å²) in [7, 11) is 4.14. The predicted octanol–water partition coefficient (Wildman–Crippen LogP) is 2.74. The van der Waals surface area contributed by atoms with E-state index in [2.05, 4.69) is 24.3 Å². The second-order valence-corrected chi connectivity index (χ2v) is 5.97. The molecular weight excluding hydrogens is 255 g/mol. The van der Waals surface area contributed by atoms with Gasteiger partial charge in [-0.15, -0.1) is 0 Å². The zero-order chi connectivity index (χ0) is 14.8. The third kappa shape index (κ3) is 3.01. The van der Waals surface area contributed by atoms with E-state index >= 15 is 0 Å². The van der Waals surface area contributed by atoms with Crippen LogP contribution in [-0.4, -0.2) is 37.0 Å². The third-order valence-corrected chi connectivity index (χ3v) is 4.48. The Hall–Kier alpha value is -1.42. The molecule has 20 heavy (non-hydrogen) atoms. The van der Waals surface area contributed by atoms with Gasteiger partial charge in [-0.2, -0.15) is 0 Å². The van der Waals surface area contributed by atoms with Crippen molar-refractivity contribution >= 4 is 5.91 Å². The van der Waals surface area contributed by atoms with Gasteiger partial charge >= 0.3 is 0 Å². The Bertz CT molecular complexity index is 493. The predicted molar refractivity (Wildman–Crippen MR) is 78.4 cm³/mol. The number of nitrogens with one attached hydrogen (secondary N) is 1. The molecule has 1 N–H and O–H groups in total. The first kappa shape index (κ1) is 15.0. The number of benzene rings is 1. The van der Waals surface area contributed by atoms with Gasteiger partial charge in [0, 0.05) is 17.6 Å². The number of nitrogens with zero attached hydrogens (tertiary/aromatic N) is 1. The molecular formula is C16H23FN2O. The minimum absolute atomic E-state index is 0.0741. The average Bonchev–Trinajstić information content (AvgIpc) is 2.89. The van der Waals surface area contributed by atoms with Crippen LogP contribution < -0.4 is 5.32 Å². The quantitative estimate of drug-likeness (QED) is 0.918. The van der Waals surface area contributed by atoms with Gasteiger partial charge in [-0.25, -0.2) is 4.39 Å². The maximum Gasteiger partial charge on any atom is 0.251 e. The van der Waals surface area contributed by atoms with E-state index in [4.69, 9.17) is 0 Å². The summed E-state index contributed by atoms with van der Waals surface area (Å²) in [6.45, 7) is 2.32. The summed E-state index contributed by atoms with van der Waals surface area (Å²) < 4.78 is 13.2. The molecule has 4 heteroatoms. The van der Waals surface area contributed by atoms with Crippen molar-refractivity contribution in [1.29, 1.82) is 0 Å². The van der Waals surface area contributed by atoms with E-state index in [1.165, 1.54) is 25.0 Å². The highest BCUT2D eigenvalue weighted by molar-refractivity contribution is 5.94. The highest BCUT2D eigenvalue weighted by atomic mass is 19.1. The van der Waals surface area contributed by atoms with Crippen LogP contribution in [0.1, 0.15) is 41.6 Å². The molecule has 2 rings (SSSR count). The fourth-order valence-electron chi connectivity index (χ4n) is 2.95. The highest BCUT2D eigenvalue weighted by Gasteiger charge is 2.36. The molecule has 0 heterocycles. The van der Waals surface area contributed by atoms with Gasteiger partial charge in [0.05, 0.1) is 0 Å². The Balaban J connectivity index is 2.02. The molecule has 0 atom stereocenters. The van der Waals surface area contributed by atoms with Crippen molar-refractivity contribution in [2.75, 3.05) is 20.6 Å². The van der Waals surface area contributed by atoms with Crippen molar-refractivity contribution in [2.45, 2.75) is 38.1 Å². The number of hydrogen-bond acceptors (Lipinski definition) is 2. The normalized spacial score (nSPS) is 17.4. The van der Waals surface area contributed by atoms with Crippen LogP contribution >= 0.6 is 0 Å². The van der Waals surface area contributed by atoms with Crippen LogP contribution in [0.4, 0.5) is 4.39 Å². The number of likely N-dealkylation sites (N-methyl/N-ethyl adjacent to an activating group) is 1. The fraction of sp³-hybridized carbons (Fsp3) is 0.562. The van der Waals surface area contributed by atoms with Crippen molar-refractivity contribution in [1.82, 2.24) is 10.2 Å². The Morgan fingerprint density at radius 1 is 1.35 bits per heavy atom. The first-order chi connectivity index (χ1) is 9.44. The highest BCUT2D eigenvalue weighted by Crippen LogP contribution is 2.33. The van der Waals surface area contributed by atoms with E-state index in [0.717, 1.165) is 12.8 Å². The van der Waals surface area contributed by atoms with Crippen molar-refractivity contribution < 1.29 is 9.18 Å². The van der Waals surface area contributed by atoms with E-state index in [1.807, 2.05) is 0 Å². The summed E-state index contributed by atoms with van der Waals surface area (Å²) in [6.07, 6.45) is 4.65. The lowest BCUT2D eigenvalue weighted by atomic mass is 9.96. The topological polar surface area (TPSA) is 32.3 Å². The first-order valence-electron chi connectivity index (χ1n) is 7.16. The summed E-state index contributed by atoms with van der Waals surface area (Å²) in [6, 6.07) is 4.48. The summed E-state index contributed by atoms with van der Waals surface area (Å²) in [5.74, 6) is -0.400. The lowest BCUT2D eigenvalue weighted by molar-refractivity contribution is 0.0900. The van der Waals surface area contributed by atoms with E-state index in [9.17, 15) is 9.18 Å². The SMILES string of the molecule is Cc1cc(C(=O)NCC2(N(C)C)CCCC2)ccc1F. The Kier molecular flexibility index (Phi) is 4.43. The molecule has 0 unspecified atom stereocenters. The standard InChI is InChI=1S/C16H23FN2O/c1-12-10-13(6-7-14(12)17)15(20)18-11-16(19(2)3)8-4-5-9-16/h6-7,10H,4-5,8-9,11H2,1-3H3,(H,18,20). The van der Waals surface area contributed by atoms with E-state index < -0.39 is 0 Å². The smallest absolute Gasteiger partial charge is 0.251 e. The number of carbonyl (C=O) groups excluding carboxylic acids is 1. The molecule has 1 aromatic rings. The van der Waals surface area contributed by atoms with Gasteiger partial charge in [-0.3, -0.25) is 4.79 Å². The molecule has 1 saturated carbocycles. The van der Waals surface area contributed by atoms with Gasteiger partial charge in [0.2, 0.25) is 0 Å². The number of aryl methyl sites for hydroxylation is 1. The Labute approximate surface area is 120 Å². The van der Waals surface area contributed by atoms with Crippen LogP contribution in [0.25, 0.3) is 0 Å². The van der Waals surface area contributed by atoms with Gasteiger partial charge in [-0.05, 0) is 57.6 Å². The molecule has 0 aliphatic heterocycles. The van der Waals surface area contributed by atoms with Crippen LogP contribution in [0.15, 0.2) is 18.2 Å². The Morgan fingerprint density at radius 2 is 2.00 bits per heavy atom. The van der Waals surface area contributed by atoms with Crippen LogP contribution in [-0.2, 0) is 0 Å². The number of halogens is 1. The second-order valence-electron chi connectivity index (χ2n) is 5.97. The zero-order valence-corrected chi connectivity index (χ0v) is 12.5. The number of carbonyl (C=O) groups is 1. The lowest BCUT2D eigenvalue weighted by Crippen LogP contribution is -2.50. The van der Waals surface area contributed by atoms with Crippen LogP contribution in [0.2, 0.25) is 0 Å². The molecule has 0 spiro atoms. The average molecular weight is 278 g/mol. The fourth-order valence-corrected chi connectivity index (χ4v) is 2.95. The minimum Gasteiger partial charge on any atom is -0.350 e. The minimum atomic E-state index is -0.276. The van der Waals surface area contributed by atoms with Crippen molar-refractivity contribution in [3.63, 3.8) is 0 Å². The maximum absolute atomic E-state index is 13.2. The lowest BCUT2D eigenvalue weighted by Gasteiger charge is -2.36. The van der Waals surface area contributed by atoms with Gasteiger partial charge in [0.1, 0.15) is 5.82 Å². The van der Waals surface area contributed by atoms with Crippen LogP contribution in [0, 0.1) is 12.7 Å². The molecule has 0 bridgehead atoms. The molecule has 1 aromatic carbocycles. The van der Waals surface area contributed by atoms with Crippen LogP contribution in [0.5, 0.6) is 0 Å². The molecule has 1 aliphatic rings. The number of amides is 1. The van der Waals surface area contributed by atoms with Gasteiger partial charge in [0.25, 0.3) is 5.91 Å². The molecule has 1 fully saturated rings. The molecule has 1 amide bonds. The second kappa shape index (κ2) is 5.92. The Morgan fingerprint density at radius 3 is 2.55 bits per heavy atom. The molecule has 110 valence electrons. The third-order valence-electron chi connectivity index (χ3n) is 4.48. The van der Waals surface area contributed by atoms with Gasteiger partial charge in [0.15, 0.2) is 0 Å². The molecule has 3 nitrogen and oxygen atoms in total. The van der Waals surface area contributed by atoms with E-state index in [0.29, 0.717) is 17.7 Å². The molecule has 0 aromatic heterocycles. The summed E-state index contributed by atoms with van der Waals surface area (Å²) in [5.41, 5.74) is 1.10. The largest absolute Gasteiger partial charge is 0.350 e. The van der Waals surface area contributed by atoms with Crippen LogP contribution in [0.3, 0.4) is 0 Å². The van der Waals surface area contributed by atoms with Crippen molar-refractivity contribution in [2.24, 2.45) is 0 Å².